The lowest BCUT2D eigenvalue weighted by Gasteiger charge is -2.19. The summed E-state index contributed by atoms with van der Waals surface area (Å²) in [6.07, 6.45) is 2.59. The molecule has 0 saturated heterocycles. The molecule has 1 unspecified atom stereocenters. The molecule has 130 valence electrons. The highest BCUT2D eigenvalue weighted by Crippen LogP contribution is 2.41. The number of carbonyl (C=O) groups is 2. The van der Waals surface area contributed by atoms with Crippen LogP contribution in [-0.4, -0.2) is 11.8 Å². The van der Waals surface area contributed by atoms with Crippen molar-refractivity contribution in [3.63, 3.8) is 0 Å². The summed E-state index contributed by atoms with van der Waals surface area (Å²) in [6.45, 7) is 1.47. The van der Waals surface area contributed by atoms with E-state index in [9.17, 15) is 9.59 Å². The van der Waals surface area contributed by atoms with Crippen LogP contribution in [0.2, 0.25) is 5.02 Å². The van der Waals surface area contributed by atoms with E-state index in [0.29, 0.717) is 17.4 Å². The summed E-state index contributed by atoms with van der Waals surface area (Å²) >= 11 is 5.96. The lowest BCUT2D eigenvalue weighted by atomic mass is 10.0. The van der Waals surface area contributed by atoms with Crippen molar-refractivity contribution >= 4 is 29.1 Å². The fourth-order valence-corrected chi connectivity index (χ4v) is 3.02. The van der Waals surface area contributed by atoms with E-state index in [1.54, 1.807) is 0 Å². The third kappa shape index (κ3) is 5.07. The molecule has 1 aliphatic rings. The van der Waals surface area contributed by atoms with E-state index in [1.807, 2.05) is 48.5 Å². The zero-order valence-electron chi connectivity index (χ0n) is 14.1. The third-order valence-electron chi connectivity index (χ3n) is 4.28. The highest BCUT2D eigenvalue weighted by Gasteiger charge is 2.33. The van der Waals surface area contributed by atoms with Crippen molar-refractivity contribution in [1.82, 2.24) is 5.32 Å². The first-order valence-electron chi connectivity index (χ1n) is 8.42. The maximum Gasteiger partial charge on any atom is 0.224 e. The molecule has 0 heterocycles. The van der Waals surface area contributed by atoms with E-state index in [4.69, 9.17) is 11.6 Å². The Balaban J connectivity index is 1.62. The maximum atomic E-state index is 12.5. The largest absolute Gasteiger partial charge is 0.349 e. The molecule has 1 aliphatic carbocycles. The van der Waals surface area contributed by atoms with E-state index in [-0.39, 0.29) is 17.9 Å². The van der Waals surface area contributed by atoms with Crippen molar-refractivity contribution in [3.8, 4) is 0 Å². The quantitative estimate of drug-likeness (QED) is 0.818. The van der Waals surface area contributed by atoms with Crippen LogP contribution in [0.1, 0.15) is 36.9 Å². The predicted octanol–water partition coefficient (Wildman–Crippen LogP) is 4.11. The Hall–Kier alpha value is -2.33. The van der Waals surface area contributed by atoms with Crippen LogP contribution in [-0.2, 0) is 16.0 Å². The minimum absolute atomic E-state index is 0.000808. The summed E-state index contributed by atoms with van der Waals surface area (Å²) in [7, 11) is 0. The van der Waals surface area contributed by atoms with E-state index < -0.39 is 0 Å². The van der Waals surface area contributed by atoms with Gasteiger partial charge in [0.1, 0.15) is 0 Å². The molecule has 5 heteroatoms. The summed E-state index contributed by atoms with van der Waals surface area (Å²) in [6, 6.07) is 15.1. The normalized spacial score (nSPS) is 14.6. The number of benzene rings is 2. The van der Waals surface area contributed by atoms with Crippen LogP contribution in [0.25, 0.3) is 0 Å². The van der Waals surface area contributed by atoms with E-state index >= 15 is 0 Å². The first kappa shape index (κ1) is 17.5. The highest BCUT2D eigenvalue weighted by atomic mass is 35.5. The van der Waals surface area contributed by atoms with Crippen molar-refractivity contribution < 1.29 is 9.59 Å². The molecule has 2 N–H and O–H groups in total. The van der Waals surface area contributed by atoms with Gasteiger partial charge >= 0.3 is 0 Å². The summed E-state index contributed by atoms with van der Waals surface area (Å²) in [5, 5.41) is 6.57. The number of nitrogens with one attached hydrogen (secondary N) is 2. The number of rotatable bonds is 6. The molecule has 0 spiro atoms. The molecule has 2 amide bonds. The Morgan fingerprint density at radius 1 is 1.08 bits per heavy atom. The summed E-state index contributed by atoms with van der Waals surface area (Å²) < 4.78 is 0. The van der Waals surface area contributed by atoms with Crippen LogP contribution >= 0.6 is 11.6 Å². The van der Waals surface area contributed by atoms with Crippen molar-refractivity contribution in [2.24, 2.45) is 5.92 Å². The molecular weight excluding hydrogens is 336 g/mol. The SMILES string of the molecule is CC(=O)Nc1ccc(CC(=O)NC(c2ccc(Cl)cc2)C2CC2)cc1. The van der Waals surface area contributed by atoms with Gasteiger partial charge in [-0.3, -0.25) is 9.59 Å². The van der Waals surface area contributed by atoms with Gasteiger partial charge in [-0.05, 0) is 54.2 Å². The summed E-state index contributed by atoms with van der Waals surface area (Å²) in [4.78, 5) is 23.5. The standard InChI is InChI=1S/C20H21ClN2O2/c1-13(24)22-18-10-2-14(3-11-18)12-19(25)23-20(15-4-5-15)16-6-8-17(21)9-7-16/h2-3,6-11,15,20H,4-5,12H2,1H3,(H,22,24)(H,23,25). The Morgan fingerprint density at radius 2 is 1.72 bits per heavy atom. The Bertz CT molecular complexity index is 752. The van der Waals surface area contributed by atoms with Gasteiger partial charge in [0.25, 0.3) is 0 Å². The number of hydrogen-bond donors (Lipinski definition) is 2. The molecular formula is C20H21ClN2O2. The van der Waals surface area contributed by atoms with Gasteiger partial charge in [-0.25, -0.2) is 0 Å². The van der Waals surface area contributed by atoms with Gasteiger partial charge < -0.3 is 10.6 Å². The Morgan fingerprint density at radius 3 is 2.28 bits per heavy atom. The minimum Gasteiger partial charge on any atom is -0.349 e. The zero-order valence-corrected chi connectivity index (χ0v) is 14.8. The van der Waals surface area contributed by atoms with E-state index in [0.717, 1.165) is 29.7 Å². The molecule has 0 aromatic heterocycles. The fraction of sp³-hybridized carbons (Fsp3) is 0.300. The second kappa shape index (κ2) is 7.70. The molecule has 2 aromatic carbocycles. The van der Waals surface area contributed by atoms with Crippen LogP contribution in [0.15, 0.2) is 48.5 Å². The van der Waals surface area contributed by atoms with Crippen LogP contribution in [0.4, 0.5) is 5.69 Å². The van der Waals surface area contributed by atoms with Gasteiger partial charge in [-0.2, -0.15) is 0 Å². The van der Waals surface area contributed by atoms with Gasteiger partial charge in [-0.15, -0.1) is 0 Å². The zero-order chi connectivity index (χ0) is 17.8. The van der Waals surface area contributed by atoms with Gasteiger partial charge in [0.15, 0.2) is 0 Å². The van der Waals surface area contributed by atoms with E-state index in [2.05, 4.69) is 10.6 Å². The van der Waals surface area contributed by atoms with Crippen LogP contribution in [0, 0.1) is 5.92 Å². The number of hydrogen-bond acceptors (Lipinski definition) is 2. The number of anilines is 1. The molecule has 25 heavy (non-hydrogen) atoms. The maximum absolute atomic E-state index is 12.5. The van der Waals surface area contributed by atoms with Crippen LogP contribution in [0.3, 0.4) is 0 Å². The second-order valence-electron chi connectivity index (χ2n) is 6.49. The number of amides is 2. The molecule has 2 aromatic rings. The fourth-order valence-electron chi connectivity index (χ4n) is 2.89. The molecule has 1 saturated carbocycles. The number of carbonyl (C=O) groups excluding carboxylic acids is 2. The van der Waals surface area contributed by atoms with Crippen molar-refractivity contribution in [2.75, 3.05) is 5.32 Å². The molecule has 1 fully saturated rings. The lowest BCUT2D eigenvalue weighted by molar-refractivity contribution is -0.121. The van der Waals surface area contributed by atoms with Crippen LogP contribution < -0.4 is 10.6 Å². The van der Waals surface area contributed by atoms with Crippen molar-refractivity contribution in [1.29, 1.82) is 0 Å². The second-order valence-corrected chi connectivity index (χ2v) is 6.93. The lowest BCUT2D eigenvalue weighted by Crippen LogP contribution is -2.31. The van der Waals surface area contributed by atoms with E-state index in [1.165, 1.54) is 6.92 Å². The van der Waals surface area contributed by atoms with Crippen molar-refractivity contribution in [2.45, 2.75) is 32.2 Å². The predicted molar refractivity (Wildman–Crippen MR) is 99.5 cm³/mol. The third-order valence-corrected chi connectivity index (χ3v) is 4.53. The molecule has 4 nitrogen and oxygen atoms in total. The monoisotopic (exact) mass is 356 g/mol. The molecule has 0 radical (unpaired) electrons. The first-order valence-corrected chi connectivity index (χ1v) is 8.80. The topological polar surface area (TPSA) is 58.2 Å². The smallest absolute Gasteiger partial charge is 0.224 e. The van der Waals surface area contributed by atoms with Gasteiger partial charge in [0.05, 0.1) is 12.5 Å². The molecule has 0 bridgehead atoms. The molecule has 0 aliphatic heterocycles. The summed E-state index contributed by atoms with van der Waals surface area (Å²) in [5.74, 6) is 0.395. The molecule has 1 atom stereocenters. The van der Waals surface area contributed by atoms with Crippen molar-refractivity contribution in [3.05, 3.63) is 64.7 Å². The Labute approximate surface area is 152 Å². The molecule has 3 rings (SSSR count). The summed E-state index contributed by atoms with van der Waals surface area (Å²) in [5.41, 5.74) is 2.74. The van der Waals surface area contributed by atoms with Gasteiger partial charge in [0.2, 0.25) is 11.8 Å². The highest BCUT2D eigenvalue weighted by molar-refractivity contribution is 6.30. The van der Waals surface area contributed by atoms with Gasteiger partial charge in [0, 0.05) is 17.6 Å². The minimum atomic E-state index is -0.110. The van der Waals surface area contributed by atoms with Gasteiger partial charge in [-0.1, -0.05) is 35.9 Å². The van der Waals surface area contributed by atoms with Crippen LogP contribution in [0.5, 0.6) is 0 Å². The first-order chi connectivity index (χ1) is 12.0. The average molecular weight is 357 g/mol. The Kier molecular flexibility index (Phi) is 5.39. The average Bonchev–Trinajstić information content (AvgIpc) is 3.40. The number of halogens is 1.